The van der Waals surface area contributed by atoms with Crippen molar-refractivity contribution in [2.75, 3.05) is 7.11 Å². The monoisotopic (exact) mass is 1420 g/mol. The van der Waals surface area contributed by atoms with Gasteiger partial charge < -0.3 is 23.0 Å². The van der Waals surface area contributed by atoms with Gasteiger partial charge in [-0.25, -0.2) is 0 Å². The van der Waals surface area contributed by atoms with E-state index in [-0.39, 0.29) is 0 Å². The number of rotatable bonds is 9. The van der Waals surface area contributed by atoms with Crippen molar-refractivity contribution >= 4 is 152 Å². The zero-order valence-electron chi connectivity index (χ0n) is 60.5. The van der Waals surface area contributed by atoms with Crippen molar-refractivity contribution in [3.8, 4) is 73.0 Å². The van der Waals surface area contributed by atoms with Crippen molar-refractivity contribution in [1.82, 2.24) is 38.2 Å². The highest BCUT2D eigenvalue weighted by Gasteiger charge is 2.27. The van der Waals surface area contributed by atoms with E-state index in [9.17, 15) is 0 Å². The second-order valence-electron chi connectivity index (χ2n) is 29.3. The van der Waals surface area contributed by atoms with Gasteiger partial charge in [0, 0.05) is 90.4 Å². The number of hydrogen-bond acceptors (Lipinski definition) is 5. The number of ether oxygens (including phenoxy) is 1. The Balaban J connectivity index is 0.000000143. The van der Waals surface area contributed by atoms with Crippen LogP contribution in [0.15, 0.2) is 353 Å². The Morgan fingerprint density at radius 2 is 0.541 bits per heavy atom. The molecular formula is C102H64N8O. The number of aryl methyl sites for hydroxylation is 1. The first-order chi connectivity index (χ1) is 55.0. The highest BCUT2D eigenvalue weighted by Crippen LogP contribution is 2.51. The van der Waals surface area contributed by atoms with E-state index in [1.807, 2.05) is 61.7 Å². The molecule has 8 aromatic heterocycles. The number of hydrogen-bond donors (Lipinski definition) is 0. The van der Waals surface area contributed by atoms with Gasteiger partial charge in [0.2, 0.25) is 0 Å². The van der Waals surface area contributed by atoms with Crippen molar-refractivity contribution < 1.29 is 4.74 Å². The van der Waals surface area contributed by atoms with Gasteiger partial charge in [-0.05, 0) is 214 Å². The summed E-state index contributed by atoms with van der Waals surface area (Å²) in [6.07, 6.45) is 15.7. The Morgan fingerprint density at radius 3 is 0.874 bits per heavy atom. The minimum absolute atomic E-state index is 0.839. The number of benzene rings is 16. The van der Waals surface area contributed by atoms with E-state index in [1.54, 1.807) is 7.11 Å². The molecule has 0 unspecified atom stereocenters. The molecule has 0 atom stereocenters. The van der Waals surface area contributed by atoms with Gasteiger partial charge in [0.25, 0.3) is 0 Å². The van der Waals surface area contributed by atoms with E-state index in [2.05, 4.69) is 326 Å². The van der Waals surface area contributed by atoms with Crippen LogP contribution in [0, 0.1) is 6.92 Å². The van der Waals surface area contributed by atoms with Crippen molar-refractivity contribution in [2.24, 2.45) is 0 Å². The van der Waals surface area contributed by atoms with Crippen molar-refractivity contribution in [1.29, 1.82) is 0 Å². The molecule has 9 nitrogen and oxygen atoms in total. The van der Waals surface area contributed by atoms with E-state index >= 15 is 0 Å². The largest absolute Gasteiger partial charge is 0.497 e. The predicted octanol–water partition coefficient (Wildman–Crippen LogP) is 26.1. The first-order valence-corrected chi connectivity index (χ1v) is 37.7. The maximum absolute atomic E-state index is 5.46. The third-order valence-corrected chi connectivity index (χ3v) is 23.4. The molecule has 9 heteroatoms. The molecule has 0 saturated carbocycles. The van der Waals surface area contributed by atoms with Crippen LogP contribution in [-0.2, 0) is 0 Å². The highest BCUT2D eigenvalue weighted by atomic mass is 16.5. The zero-order chi connectivity index (χ0) is 73.1. The molecule has 111 heavy (non-hydrogen) atoms. The molecule has 0 saturated heterocycles. The molecule has 24 rings (SSSR count). The summed E-state index contributed by atoms with van der Waals surface area (Å²) in [6.45, 7) is 2.13. The molecule has 0 fully saturated rings. The fourth-order valence-electron chi connectivity index (χ4n) is 18.6. The minimum Gasteiger partial charge on any atom is -0.497 e. The number of aromatic nitrogens is 8. The molecule has 0 aliphatic rings. The molecule has 0 bridgehead atoms. The Hall–Kier alpha value is -14.8. The molecule has 24 aromatic rings. The smallest absolute Gasteiger partial charge is 0.119 e. The highest BCUT2D eigenvalue weighted by molar-refractivity contribution is 6.39. The summed E-state index contributed by atoms with van der Waals surface area (Å²) in [4.78, 5) is 18.6. The van der Waals surface area contributed by atoms with Crippen LogP contribution in [0.5, 0.6) is 5.75 Å². The van der Waals surface area contributed by atoms with Gasteiger partial charge in [0.05, 0.1) is 87.4 Å². The third kappa shape index (κ3) is 9.36. The topological polar surface area (TPSA) is 80.5 Å². The van der Waals surface area contributed by atoms with Crippen molar-refractivity contribution in [2.45, 2.75) is 6.92 Å². The molecule has 0 N–H and O–H groups in total. The van der Waals surface area contributed by atoms with Crippen LogP contribution in [0.4, 0.5) is 0 Å². The van der Waals surface area contributed by atoms with Gasteiger partial charge in [-0.1, -0.05) is 200 Å². The second-order valence-corrected chi connectivity index (χ2v) is 29.3. The fourth-order valence-corrected chi connectivity index (χ4v) is 18.6. The van der Waals surface area contributed by atoms with Gasteiger partial charge in [0.1, 0.15) is 5.75 Å². The maximum atomic E-state index is 5.46. The average molecular weight is 1420 g/mol. The minimum atomic E-state index is 0.839. The summed E-state index contributed by atoms with van der Waals surface area (Å²) in [6, 6.07) is 111. The van der Waals surface area contributed by atoms with E-state index < -0.39 is 0 Å². The Kier molecular flexibility index (Phi) is 13.7. The molecule has 0 radical (unpaired) electrons. The van der Waals surface area contributed by atoms with Crippen molar-refractivity contribution in [3.05, 3.63) is 358 Å². The van der Waals surface area contributed by atoms with Crippen LogP contribution in [-0.4, -0.2) is 45.3 Å². The lowest BCUT2D eigenvalue weighted by atomic mass is 9.90. The lowest BCUT2D eigenvalue weighted by molar-refractivity contribution is 0.415. The summed E-state index contributed by atoms with van der Waals surface area (Å²) in [5.41, 5.74) is 24.2. The van der Waals surface area contributed by atoms with Crippen LogP contribution in [0.3, 0.4) is 0 Å². The summed E-state index contributed by atoms with van der Waals surface area (Å²) < 4.78 is 15.0. The van der Waals surface area contributed by atoms with Gasteiger partial charge in [-0.15, -0.1) is 0 Å². The normalized spacial score (nSPS) is 12.1. The van der Waals surface area contributed by atoms with Gasteiger partial charge in [0.15, 0.2) is 0 Å². The summed E-state index contributed by atoms with van der Waals surface area (Å²) in [5, 5.41) is 24.8. The lowest BCUT2D eigenvalue weighted by Gasteiger charge is -2.18. The molecule has 8 heterocycles. The molecule has 0 spiro atoms. The second kappa shape index (κ2) is 24.4. The SMILES string of the molecule is COc1ccc(-n2c3cnccc3c3c4ccc5cc6c(c7ccc(cc32)c4c57)c2ccncc2n6-c2ccc(C)cc2)cc1.c1ccc(-c2ccc(-n3c4cnccc4c4c5ccc6cc7c(c8ccc(cc43)c5c68)c3ccncc3n7-c3ccc(-c4ccccc4)cc3-c3ccccc3)c(-c3ccccc3)c2)cc1. The van der Waals surface area contributed by atoms with Crippen LogP contribution < -0.4 is 4.74 Å². The van der Waals surface area contributed by atoms with E-state index in [0.29, 0.717) is 0 Å². The predicted molar refractivity (Wildman–Crippen MR) is 462 cm³/mol. The third-order valence-electron chi connectivity index (χ3n) is 23.4. The number of pyridine rings is 4. The van der Waals surface area contributed by atoms with Crippen LogP contribution in [0.2, 0.25) is 0 Å². The number of fused-ring (bicyclic) bond motifs is 16. The molecule has 16 aromatic carbocycles. The van der Waals surface area contributed by atoms with E-state index in [1.165, 1.54) is 169 Å². The Bertz CT molecular complexity index is 7620. The Labute approximate surface area is 636 Å². The summed E-state index contributed by atoms with van der Waals surface area (Å²) in [7, 11) is 1.70. The molecule has 0 amide bonds. The van der Waals surface area contributed by atoms with Gasteiger partial charge in [-0.3, -0.25) is 19.9 Å². The zero-order valence-corrected chi connectivity index (χ0v) is 60.5. The summed E-state index contributed by atoms with van der Waals surface area (Å²) >= 11 is 0. The van der Waals surface area contributed by atoms with Gasteiger partial charge in [-0.2, -0.15) is 0 Å². The van der Waals surface area contributed by atoms with Crippen molar-refractivity contribution in [3.63, 3.8) is 0 Å². The number of methoxy groups -OCH3 is 1. The van der Waals surface area contributed by atoms with Crippen LogP contribution >= 0.6 is 0 Å². The van der Waals surface area contributed by atoms with E-state index in [0.717, 1.165) is 61.6 Å². The standard InChI is InChI=1S/C62H38N4.C40H26N4O/c1-5-13-39(14-6-1)43-23-27-53(51(33-43)41-17-9-3-10-18-41)65-55-35-45-21-26-50-60-46(22-25-49(59(45)60)61(55)47-29-31-63-37-57(47)65)36-56-62(50)48-30-32-64-38-58(48)66(56)54-28-24-44(40-15-7-2-8-16-40)34-52(54)42-19-11-4-12-20-42;1-23-3-7-26(8-4-23)43-33-19-24-5-14-32-38-25(6-13-31(37(24)38)39(33)29-15-17-41-21-35(29)43)20-34-40(32)30-16-18-42-22-36(30)44(34)27-9-11-28(45-2)12-10-27/h1-38H;3-22H,1-2H3. The molecule has 0 aliphatic heterocycles. The fraction of sp³-hybridized carbons (Fsp3) is 0.0196. The summed E-state index contributed by atoms with van der Waals surface area (Å²) in [5.74, 6) is 0.839. The first kappa shape index (κ1) is 62.4. The van der Waals surface area contributed by atoms with Crippen LogP contribution in [0.25, 0.3) is 219 Å². The average Bonchev–Trinajstić information content (AvgIpc) is 1.58. The molecule has 0 aliphatic carbocycles. The maximum Gasteiger partial charge on any atom is 0.119 e. The van der Waals surface area contributed by atoms with Gasteiger partial charge >= 0.3 is 0 Å². The quantitative estimate of drug-likeness (QED) is 0.135. The number of nitrogens with zero attached hydrogens (tertiary/aromatic N) is 8. The lowest BCUT2D eigenvalue weighted by Crippen LogP contribution is -1.99. The first-order valence-electron chi connectivity index (χ1n) is 37.7. The van der Waals surface area contributed by atoms with Crippen LogP contribution in [0.1, 0.15) is 5.56 Å². The molecular weight excluding hydrogens is 1350 g/mol. The Morgan fingerprint density at radius 1 is 0.234 bits per heavy atom. The molecule has 518 valence electrons. The van der Waals surface area contributed by atoms with E-state index in [4.69, 9.17) is 14.7 Å².